The van der Waals surface area contributed by atoms with Gasteiger partial charge in [-0.2, -0.15) is 0 Å². The van der Waals surface area contributed by atoms with E-state index in [1.165, 1.54) is 32.2 Å². The third-order valence-electron chi connectivity index (χ3n) is 3.64. The molecule has 0 bridgehead atoms. The van der Waals surface area contributed by atoms with Crippen LogP contribution in [0.2, 0.25) is 0 Å². The summed E-state index contributed by atoms with van der Waals surface area (Å²) < 4.78 is 0. The van der Waals surface area contributed by atoms with Crippen molar-refractivity contribution in [3.8, 4) is 0 Å². The summed E-state index contributed by atoms with van der Waals surface area (Å²) in [5.74, 6) is 1.85. The lowest BCUT2D eigenvalue weighted by atomic mass is 9.94. The van der Waals surface area contributed by atoms with Crippen LogP contribution < -0.4 is 5.32 Å². The van der Waals surface area contributed by atoms with Crippen LogP contribution >= 0.6 is 0 Å². The Bertz CT molecular complexity index is 184. The van der Waals surface area contributed by atoms with E-state index in [0.29, 0.717) is 5.41 Å². The minimum atomic E-state index is 0.691. The number of hydrogen-bond acceptors (Lipinski definition) is 1. The average Bonchev–Trinajstić information content (AvgIpc) is 2.83. The molecule has 0 heterocycles. The normalized spacial score (nSPS) is 38.3. The zero-order chi connectivity index (χ0) is 9.47. The molecule has 2 rings (SSSR count). The molecule has 2 aliphatic carbocycles. The molecule has 2 aliphatic rings. The maximum atomic E-state index is 3.65. The van der Waals surface area contributed by atoms with Crippen molar-refractivity contribution < 1.29 is 0 Å². The maximum Gasteiger partial charge on any atom is 0.00683 e. The van der Waals surface area contributed by atoms with Crippen LogP contribution in [0.5, 0.6) is 0 Å². The fourth-order valence-electron chi connectivity index (χ4n) is 2.60. The maximum absolute atomic E-state index is 3.65. The summed E-state index contributed by atoms with van der Waals surface area (Å²) in [5, 5.41) is 3.65. The zero-order valence-electron chi connectivity index (χ0n) is 9.27. The molecule has 0 aliphatic heterocycles. The Kier molecular flexibility index (Phi) is 2.39. The average molecular weight is 181 g/mol. The molecule has 0 aromatic carbocycles. The molecule has 1 heteroatoms. The van der Waals surface area contributed by atoms with Crippen LogP contribution in [0.3, 0.4) is 0 Å². The van der Waals surface area contributed by atoms with E-state index in [2.05, 4.69) is 26.1 Å². The summed E-state index contributed by atoms with van der Waals surface area (Å²) in [6.45, 7) is 8.43. The molecule has 0 radical (unpaired) electrons. The third kappa shape index (κ3) is 2.46. The number of hydrogen-bond donors (Lipinski definition) is 1. The Balaban J connectivity index is 1.66. The Morgan fingerprint density at radius 2 is 2.08 bits per heavy atom. The molecule has 0 amide bonds. The van der Waals surface area contributed by atoms with Gasteiger partial charge in [-0.3, -0.25) is 0 Å². The van der Waals surface area contributed by atoms with Gasteiger partial charge in [-0.25, -0.2) is 0 Å². The van der Waals surface area contributed by atoms with Gasteiger partial charge in [0.25, 0.3) is 0 Å². The molecule has 13 heavy (non-hydrogen) atoms. The second-order valence-electron chi connectivity index (χ2n) is 5.84. The van der Waals surface area contributed by atoms with Gasteiger partial charge < -0.3 is 5.32 Å². The van der Waals surface area contributed by atoms with Gasteiger partial charge in [0.2, 0.25) is 0 Å². The van der Waals surface area contributed by atoms with Crippen molar-refractivity contribution in [1.82, 2.24) is 5.32 Å². The summed E-state index contributed by atoms with van der Waals surface area (Å²) in [5.41, 5.74) is 0.691. The Labute approximate surface area is 82.3 Å². The van der Waals surface area contributed by atoms with E-state index in [1.54, 1.807) is 0 Å². The summed E-state index contributed by atoms with van der Waals surface area (Å²) in [7, 11) is 0. The number of nitrogens with one attached hydrogen (secondary N) is 1. The first-order valence-corrected chi connectivity index (χ1v) is 5.83. The highest BCUT2D eigenvalue weighted by Crippen LogP contribution is 2.55. The molecule has 0 aromatic rings. The molecule has 0 aromatic heterocycles. The highest BCUT2D eigenvalue weighted by Gasteiger charge is 2.49. The van der Waals surface area contributed by atoms with Gasteiger partial charge in [0, 0.05) is 6.04 Å². The fourth-order valence-corrected chi connectivity index (χ4v) is 2.60. The van der Waals surface area contributed by atoms with E-state index < -0.39 is 0 Å². The van der Waals surface area contributed by atoms with Crippen LogP contribution in [-0.2, 0) is 0 Å². The first-order chi connectivity index (χ1) is 6.10. The van der Waals surface area contributed by atoms with E-state index >= 15 is 0 Å². The second-order valence-corrected chi connectivity index (χ2v) is 5.84. The lowest BCUT2D eigenvalue weighted by molar-refractivity contribution is 0.379. The van der Waals surface area contributed by atoms with Crippen LogP contribution in [0.1, 0.15) is 46.5 Å². The van der Waals surface area contributed by atoms with Crippen molar-refractivity contribution in [3.05, 3.63) is 0 Å². The van der Waals surface area contributed by atoms with Crippen molar-refractivity contribution in [1.29, 1.82) is 0 Å². The summed E-state index contributed by atoms with van der Waals surface area (Å²) in [6, 6.07) is 0.892. The molecular formula is C12H23N. The van der Waals surface area contributed by atoms with E-state index in [0.717, 1.165) is 17.9 Å². The highest BCUT2D eigenvalue weighted by molar-refractivity contribution is 5.01. The molecule has 0 saturated heterocycles. The topological polar surface area (TPSA) is 12.0 Å². The summed E-state index contributed by atoms with van der Waals surface area (Å²) in [4.78, 5) is 0. The zero-order valence-corrected chi connectivity index (χ0v) is 9.27. The van der Waals surface area contributed by atoms with Crippen molar-refractivity contribution in [2.24, 2.45) is 17.3 Å². The predicted molar refractivity (Wildman–Crippen MR) is 56.7 cm³/mol. The SMILES string of the molecule is CC(C)CC1(C)CC1CNC1CC1. The van der Waals surface area contributed by atoms with Gasteiger partial charge in [0.15, 0.2) is 0 Å². The van der Waals surface area contributed by atoms with Crippen molar-refractivity contribution in [2.45, 2.75) is 52.5 Å². The Morgan fingerprint density at radius 1 is 1.38 bits per heavy atom. The molecule has 0 spiro atoms. The lowest BCUT2D eigenvalue weighted by Gasteiger charge is -2.14. The van der Waals surface area contributed by atoms with Crippen LogP contribution in [0.4, 0.5) is 0 Å². The highest BCUT2D eigenvalue weighted by atomic mass is 15.0. The molecule has 2 unspecified atom stereocenters. The Morgan fingerprint density at radius 3 is 2.62 bits per heavy atom. The smallest absolute Gasteiger partial charge is 0.00683 e. The predicted octanol–water partition coefficient (Wildman–Crippen LogP) is 2.81. The van der Waals surface area contributed by atoms with E-state index in [-0.39, 0.29) is 0 Å². The van der Waals surface area contributed by atoms with Gasteiger partial charge in [0.1, 0.15) is 0 Å². The summed E-state index contributed by atoms with van der Waals surface area (Å²) >= 11 is 0. The molecular weight excluding hydrogens is 158 g/mol. The molecule has 1 N–H and O–H groups in total. The number of rotatable bonds is 5. The monoisotopic (exact) mass is 181 g/mol. The molecule has 2 fully saturated rings. The van der Waals surface area contributed by atoms with Gasteiger partial charge in [0.05, 0.1) is 0 Å². The van der Waals surface area contributed by atoms with Crippen molar-refractivity contribution >= 4 is 0 Å². The van der Waals surface area contributed by atoms with E-state index in [9.17, 15) is 0 Å². The molecule has 2 saturated carbocycles. The first-order valence-electron chi connectivity index (χ1n) is 5.83. The largest absolute Gasteiger partial charge is 0.314 e. The van der Waals surface area contributed by atoms with Gasteiger partial charge in [-0.15, -0.1) is 0 Å². The summed E-state index contributed by atoms with van der Waals surface area (Å²) in [6.07, 6.45) is 5.73. The Hall–Kier alpha value is -0.0400. The third-order valence-corrected chi connectivity index (χ3v) is 3.64. The molecule has 2 atom stereocenters. The van der Waals surface area contributed by atoms with Gasteiger partial charge in [-0.05, 0) is 49.5 Å². The van der Waals surface area contributed by atoms with Gasteiger partial charge in [-0.1, -0.05) is 20.8 Å². The van der Waals surface area contributed by atoms with Crippen LogP contribution in [0.25, 0.3) is 0 Å². The first kappa shape index (κ1) is 9.51. The minimum absolute atomic E-state index is 0.691. The standard InChI is InChI=1S/C12H23N/c1-9(2)6-12(3)7-10(12)8-13-11-4-5-11/h9-11,13H,4-8H2,1-3H3. The van der Waals surface area contributed by atoms with Crippen LogP contribution in [0.15, 0.2) is 0 Å². The minimum Gasteiger partial charge on any atom is -0.314 e. The van der Waals surface area contributed by atoms with E-state index in [4.69, 9.17) is 0 Å². The van der Waals surface area contributed by atoms with Crippen molar-refractivity contribution in [2.75, 3.05) is 6.54 Å². The lowest BCUT2D eigenvalue weighted by Crippen LogP contribution is -2.21. The fraction of sp³-hybridized carbons (Fsp3) is 1.00. The second kappa shape index (κ2) is 3.27. The van der Waals surface area contributed by atoms with Crippen molar-refractivity contribution in [3.63, 3.8) is 0 Å². The molecule has 1 nitrogen and oxygen atoms in total. The molecule has 76 valence electrons. The van der Waals surface area contributed by atoms with Crippen LogP contribution in [-0.4, -0.2) is 12.6 Å². The van der Waals surface area contributed by atoms with Crippen LogP contribution in [0, 0.1) is 17.3 Å². The van der Waals surface area contributed by atoms with E-state index in [1.807, 2.05) is 0 Å². The van der Waals surface area contributed by atoms with Gasteiger partial charge >= 0.3 is 0 Å². The quantitative estimate of drug-likeness (QED) is 0.687.